The Hall–Kier alpha value is -1.35. The van der Waals surface area contributed by atoms with Gasteiger partial charge in [-0.1, -0.05) is 58.9 Å². The van der Waals surface area contributed by atoms with Crippen molar-refractivity contribution in [2.75, 3.05) is 7.11 Å². The number of carbonyl (C=O) groups is 1. The molecule has 1 N–H and O–H groups in total. The molecule has 0 aliphatic rings. The van der Waals surface area contributed by atoms with Crippen LogP contribution in [0.3, 0.4) is 0 Å². The summed E-state index contributed by atoms with van der Waals surface area (Å²) in [5.74, 6) is -0.633. The number of methoxy groups -OCH3 is 1. The van der Waals surface area contributed by atoms with Crippen LogP contribution in [-0.2, 0) is 14.9 Å². The van der Waals surface area contributed by atoms with Crippen LogP contribution in [0, 0.1) is 5.41 Å². The molecule has 1 atom stereocenters. The molecule has 0 saturated carbocycles. The van der Waals surface area contributed by atoms with Gasteiger partial charge in [0.25, 0.3) is 0 Å². The Labute approximate surface area is 122 Å². The summed E-state index contributed by atoms with van der Waals surface area (Å²) < 4.78 is 4.54. The van der Waals surface area contributed by atoms with Crippen molar-refractivity contribution >= 4 is 5.97 Å². The number of aliphatic hydroxyl groups is 1. The molecule has 1 unspecified atom stereocenters. The smallest absolute Gasteiger partial charge is 0.339 e. The molecule has 0 heterocycles. The lowest BCUT2D eigenvalue weighted by atomic mass is 9.72. The van der Waals surface area contributed by atoms with Crippen LogP contribution in [0.5, 0.6) is 0 Å². The van der Waals surface area contributed by atoms with Crippen molar-refractivity contribution in [1.82, 2.24) is 0 Å². The largest absolute Gasteiger partial charge is 0.467 e. The van der Waals surface area contributed by atoms with Crippen LogP contribution < -0.4 is 0 Å². The highest BCUT2D eigenvalue weighted by Gasteiger charge is 2.27. The molecule has 1 aromatic carbocycles. The zero-order valence-corrected chi connectivity index (χ0v) is 13.4. The first kappa shape index (κ1) is 16.7. The second-order valence-corrected chi connectivity index (χ2v) is 7.17. The highest BCUT2D eigenvalue weighted by molar-refractivity contribution is 5.76. The van der Waals surface area contributed by atoms with E-state index in [2.05, 4.69) is 39.4 Å². The summed E-state index contributed by atoms with van der Waals surface area (Å²) in [6, 6.07) is 7.54. The molecule has 0 aliphatic carbocycles. The molecule has 0 radical (unpaired) electrons. The van der Waals surface area contributed by atoms with E-state index in [4.69, 9.17) is 0 Å². The second-order valence-electron chi connectivity index (χ2n) is 7.17. The molecule has 0 fully saturated rings. The summed E-state index contributed by atoms with van der Waals surface area (Å²) in [6.07, 6.45) is -0.154. The number of carbonyl (C=O) groups excluding carboxylic acids is 1. The quantitative estimate of drug-likeness (QED) is 0.856. The molecule has 0 aliphatic heterocycles. The fourth-order valence-electron chi connectivity index (χ4n) is 2.79. The maximum atomic E-state index is 11.3. The monoisotopic (exact) mass is 278 g/mol. The van der Waals surface area contributed by atoms with Crippen molar-refractivity contribution in [1.29, 1.82) is 0 Å². The predicted octanol–water partition coefficient (Wildman–Crippen LogP) is 3.61. The zero-order valence-electron chi connectivity index (χ0n) is 13.4. The Morgan fingerprint density at radius 3 is 2.05 bits per heavy atom. The summed E-state index contributed by atoms with van der Waals surface area (Å²) in [5.41, 5.74) is 2.06. The van der Waals surface area contributed by atoms with Crippen LogP contribution in [0.4, 0.5) is 0 Å². The fraction of sp³-hybridized carbons (Fsp3) is 0.588. The van der Waals surface area contributed by atoms with Gasteiger partial charge in [0.2, 0.25) is 0 Å². The molecule has 0 spiro atoms. The Kier molecular flexibility index (Phi) is 4.98. The highest BCUT2D eigenvalue weighted by Crippen LogP contribution is 2.36. The van der Waals surface area contributed by atoms with Crippen molar-refractivity contribution < 1.29 is 14.6 Å². The molecule has 0 saturated heterocycles. The third kappa shape index (κ3) is 4.34. The van der Waals surface area contributed by atoms with E-state index in [-0.39, 0.29) is 10.8 Å². The van der Waals surface area contributed by atoms with Gasteiger partial charge in [-0.2, -0.15) is 0 Å². The Bertz CT molecular complexity index is 452. The fourth-order valence-corrected chi connectivity index (χ4v) is 2.79. The maximum Gasteiger partial charge on any atom is 0.339 e. The topological polar surface area (TPSA) is 46.5 Å². The average molecular weight is 278 g/mol. The Morgan fingerprint density at radius 1 is 1.15 bits per heavy atom. The summed E-state index contributed by atoms with van der Waals surface area (Å²) in [6.45, 7) is 11.1. The third-order valence-corrected chi connectivity index (χ3v) is 3.40. The number of hydrogen-bond acceptors (Lipinski definition) is 3. The van der Waals surface area contributed by atoms with Gasteiger partial charge in [-0.05, 0) is 28.4 Å². The molecule has 1 rings (SSSR count). The van der Waals surface area contributed by atoms with E-state index < -0.39 is 12.1 Å². The van der Waals surface area contributed by atoms with E-state index in [0.717, 1.165) is 6.42 Å². The van der Waals surface area contributed by atoms with Gasteiger partial charge in [0.1, 0.15) is 0 Å². The van der Waals surface area contributed by atoms with Crippen molar-refractivity contribution in [3.05, 3.63) is 35.4 Å². The minimum Gasteiger partial charge on any atom is -0.467 e. The van der Waals surface area contributed by atoms with Gasteiger partial charge in [-0.3, -0.25) is 0 Å². The first-order valence-electron chi connectivity index (χ1n) is 6.93. The number of rotatable bonds is 4. The predicted molar refractivity (Wildman–Crippen MR) is 80.5 cm³/mol. The van der Waals surface area contributed by atoms with Gasteiger partial charge < -0.3 is 9.84 Å². The number of benzene rings is 1. The van der Waals surface area contributed by atoms with E-state index in [1.165, 1.54) is 12.7 Å². The normalized spacial score (nSPS) is 13.9. The Balaban J connectivity index is 2.93. The average Bonchev–Trinajstić information content (AvgIpc) is 2.34. The first-order chi connectivity index (χ1) is 9.07. The molecule has 0 aromatic heterocycles. The minimum atomic E-state index is -1.21. The number of esters is 1. The Morgan fingerprint density at radius 2 is 1.65 bits per heavy atom. The van der Waals surface area contributed by atoms with Gasteiger partial charge in [0, 0.05) is 0 Å². The van der Waals surface area contributed by atoms with Crippen molar-refractivity contribution in [2.24, 2.45) is 5.41 Å². The molecule has 1 aromatic rings. The molecule has 3 nitrogen and oxygen atoms in total. The third-order valence-electron chi connectivity index (χ3n) is 3.40. The zero-order chi connectivity index (χ0) is 15.6. The molecular formula is C17H26O3. The molecular weight excluding hydrogens is 252 g/mol. The SMILES string of the molecule is COC(=O)C(O)c1ccc(C(C)(C)CC(C)(C)C)cc1. The molecule has 112 valence electrons. The number of aliphatic hydroxyl groups excluding tert-OH is 1. The number of hydrogen-bond donors (Lipinski definition) is 1. The van der Waals surface area contributed by atoms with E-state index in [0.29, 0.717) is 5.56 Å². The first-order valence-corrected chi connectivity index (χ1v) is 6.93. The lowest BCUT2D eigenvalue weighted by molar-refractivity contribution is -0.150. The van der Waals surface area contributed by atoms with Crippen molar-refractivity contribution in [3.8, 4) is 0 Å². The molecule has 20 heavy (non-hydrogen) atoms. The summed E-state index contributed by atoms with van der Waals surface area (Å²) in [7, 11) is 1.27. The summed E-state index contributed by atoms with van der Waals surface area (Å²) >= 11 is 0. The molecule has 3 heteroatoms. The van der Waals surface area contributed by atoms with Crippen LogP contribution in [0.1, 0.15) is 58.3 Å². The standard InChI is InChI=1S/C17H26O3/c1-16(2,3)11-17(4,5)13-9-7-12(8-10-13)14(18)15(19)20-6/h7-10,14,18H,11H2,1-6H3. The van der Waals surface area contributed by atoms with Crippen LogP contribution in [0.2, 0.25) is 0 Å². The van der Waals surface area contributed by atoms with Gasteiger partial charge >= 0.3 is 5.97 Å². The van der Waals surface area contributed by atoms with E-state index >= 15 is 0 Å². The number of ether oxygens (including phenoxy) is 1. The van der Waals surface area contributed by atoms with Crippen molar-refractivity contribution in [2.45, 2.75) is 52.6 Å². The summed E-state index contributed by atoms with van der Waals surface area (Å²) in [5, 5.41) is 9.79. The van der Waals surface area contributed by atoms with Crippen molar-refractivity contribution in [3.63, 3.8) is 0 Å². The lowest BCUT2D eigenvalue weighted by Crippen LogP contribution is -2.25. The van der Waals surface area contributed by atoms with E-state index in [1.54, 1.807) is 12.1 Å². The van der Waals surface area contributed by atoms with Crippen LogP contribution >= 0.6 is 0 Å². The van der Waals surface area contributed by atoms with Gasteiger partial charge in [0.15, 0.2) is 6.10 Å². The lowest BCUT2D eigenvalue weighted by Gasteiger charge is -2.33. The van der Waals surface area contributed by atoms with Crippen LogP contribution in [0.25, 0.3) is 0 Å². The van der Waals surface area contributed by atoms with Crippen LogP contribution in [0.15, 0.2) is 24.3 Å². The highest BCUT2D eigenvalue weighted by atomic mass is 16.5. The summed E-state index contributed by atoms with van der Waals surface area (Å²) in [4.78, 5) is 11.3. The van der Waals surface area contributed by atoms with Crippen LogP contribution in [-0.4, -0.2) is 18.2 Å². The molecule has 0 bridgehead atoms. The van der Waals surface area contributed by atoms with E-state index in [1.807, 2.05) is 12.1 Å². The second kappa shape index (κ2) is 5.96. The van der Waals surface area contributed by atoms with Gasteiger partial charge in [0.05, 0.1) is 7.11 Å². The molecule has 0 amide bonds. The van der Waals surface area contributed by atoms with Gasteiger partial charge in [-0.15, -0.1) is 0 Å². The maximum absolute atomic E-state index is 11.3. The van der Waals surface area contributed by atoms with E-state index in [9.17, 15) is 9.90 Å². The van der Waals surface area contributed by atoms with Gasteiger partial charge in [-0.25, -0.2) is 4.79 Å². The minimum absolute atomic E-state index is 0.0486.